The van der Waals surface area contributed by atoms with Crippen LogP contribution >= 0.6 is 11.3 Å². The van der Waals surface area contributed by atoms with Crippen molar-refractivity contribution in [3.63, 3.8) is 0 Å². The molecule has 0 aliphatic carbocycles. The molecule has 0 unspecified atom stereocenters. The van der Waals surface area contributed by atoms with Crippen LogP contribution in [-0.2, 0) is 19.4 Å². The third-order valence-electron chi connectivity index (χ3n) is 3.44. The number of nitrogens with zero attached hydrogens (tertiary/aromatic N) is 3. The Labute approximate surface area is 125 Å². The molecule has 0 saturated heterocycles. The molecule has 0 radical (unpaired) electrons. The lowest BCUT2D eigenvalue weighted by Crippen LogP contribution is -2.05. The quantitative estimate of drug-likeness (QED) is 0.786. The number of hydrogen-bond acceptors (Lipinski definition) is 4. The number of aryl methyl sites for hydroxylation is 3. The van der Waals surface area contributed by atoms with Crippen LogP contribution in [-0.4, -0.2) is 25.6 Å². The lowest BCUT2D eigenvalue weighted by molar-refractivity contribution is 0.0699. The molecule has 0 atom stereocenters. The smallest absolute Gasteiger partial charge is 0.337 e. The number of thiazole rings is 1. The van der Waals surface area contributed by atoms with Gasteiger partial charge in [-0.25, -0.2) is 14.8 Å². The Balaban J connectivity index is 2.04. The van der Waals surface area contributed by atoms with Crippen LogP contribution in [0.1, 0.15) is 28.1 Å². The minimum atomic E-state index is -0.937. The first kappa shape index (κ1) is 13.8. The normalized spacial score (nSPS) is 11.1. The molecule has 1 N–H and O–H groups in total. The number of para-hydroxylation sites is 1. The second-order valence-electron chi connectivity index (χ2n) is 4.69. The van der Waals surface area contributed by atoms with E-state index in [2.05, 4.69) is 14.5 Å². The van der Waals surface area contributed by atoms with E-state index in [1.807, 2.05) is 18.4 Å². The van der Waals surface area contributed by atoms with Gasteiger partial charge in [-0.05, 0) is 12.1 Å². The molecule has 3 aromatic rings. The first-order valence-electron chi connectivity index (χ1n) is 6.80. The van der Waals surface area contributed by atoms with Crippen molar-refractivity contribution in [2.45, 2.75) is 26.3 Å². The summed E-state index contributed by atoms with van der Waals surface area (Å²) in [7, 11) is 0. The number of aromatic nitrogens is 3. The van der Waals surface area contributed by atoms with Crippen molar-refractivity contribution in [3.8, 4) is 0 Å². The molecule has 3 rings (SSSR count). The van der Waals surface area contributed by atoms with Gasteiger partial charge in [-0.1, -0.05) is 13.0 Å². The maximum absolute atomic E-state index is 11.3. The summed E-state index contributed by atoms with van der Waals surface area (Å²) in [5, 5.41) is 12.3. The number of benzene rings is 1. The molecule has 2 heterocycles. The van der Waals surface area contributed by atoms with E-state index in [-0.39, 0.29) is 5.56 Å². The standard InChI is InChI=1S/C15H15N3O2S/c1-2-12-17-14-10(15(19)20)4-3-5-11(14)18(12)8-6-13-16-7-9-21-13/h3-5,7,9H,2,6,8H2,1H3,(H,19,20). The first-order chi connectivity index (χ1) is 10.2. The van der Waals surface area contributed by atoms with Gasteiger partial charge in [-0.3, -0.25) is 0 Å². The SMILES string of the molecule is CCc1nc2c(C(=O)O)cccc2n1CCc1nccs1. The predicted octanol–water partition coefficient (Wildman–Crippen LogP) is 3.00. The molecule has 0 amide bonds. The van der Waals surface area contributed by atoms with Gasteiger partial charge >= 0.3 is 5.97 Å². The lowest BCUT2D eigenvalue weighted by atomic mass is 10.2. The Kier molecular flexibility index (Phi) is 3.70. The Morgan fingerprint density at radius 3 is 2.95 bits per heavy atom. The van der Waals surface area contributed by atoms with Crippen LogP contribution in [0.2, 0.25) is 0 Å². The molecule has 0 fully saturated rings. The average Bonchev–Trinajstić information content (AvgIpc) is 3.11. The predicted molar refractivity (Wildman–Crippen MR) is 81.9 cm³/mol. The number of hydrogen-bond donors (Lipinski definition) is 1. The summed E-state index contributed by atoms with van der Waals surface area (Å²) >= 11 is 1.63. The van der Waals surface area contributed by atoms with E-state index >= 15 is 0 Å². The van der Waals surface area contributed by atoms with Gasteiger partial charge in [0.25, 0.3) is 0 Å². The monoisotopic (exact) mass is 301 g/mol. The Hall–Kier alpha value is -2.21. The fourth-order valence-electron chi connectivity index (χ4n) is 2.47. The second kappa shape index (κ2) is 5.65. The molecule has 0 saturated carbocycles. The summed E-state index contributed by atoms with van der Waals surface area (Å²) in [6.45, 7) is 2.79. The van der Waals surface area contributed by atoms with Crippen molar-refractivity contribution in [1.82, 2.24) is 14.5 Å². The highest BCUT2D eigenvalue weighted by Gasteiger charge is 2.16. The Bertz CT molecular complexity index is 778. The van der Waals surface area contributed by atoms with Gasteiger partial charge in [0.2, 0.25) is 0 Å². The van der Waals surface area contributed by atoms with Crippen molar-refractivity contribution in [2.24, 2.45) is 0 Å². The van der Waals surface area contributed by atoms with Gasteiger partial charge in [-0.2, -0.15) is 0 Å². The Morgan fingerprint density at radius 1 is 1.43 bits per heavy atom. The molecule has 1 aromatic carbocycles. The fraction of sp³-hybridized carbons (Fsp3) is 0.267. The van der Waals surface area contributed by atoms with E-state index in [4.69, 9.17) is 0 Å². The summed E-state index contributed by atoms with van der Waals surface area (Å²) in [6, 6.07) is 5.30. The summed E-state index contributed by atoms with van der Waals surface area (Å²) in [5.41, 5.74) is 1.71. The lowest BCUT2D eigenvalue weighted by Gasteiger charge is -2.06. The van der Waals surface area contributed by atoms with Crippen LogP contribution in [0.15, 0.2) is 29.8 Å². The minimum Gasteiger partial charge on any atom is -0.478 e. The van der Waals surface area contributed by atoms with Crippen molar-refractivity contribution >= 4 is 28.3 Å². The topological polar surface area (TPSA) is 68.0 Å². The third kappa shape index (κ3) is 2.54. The van der Waals surface area contributed by atoms with E-state index in [1.54, 1.807) is 29.7 Å². The van der Waals surface area contributed by atoms with E-state index in [9.17, 15) is 9.90 Å². The zero-order valence-electron chi connectivity index (χ0n) is 11.6. The summed E-state index contributed by atoms with van der Waals surface area (Å²) in [6.07, 6.45) is 3.40. The summed E-state index contributed by atoms with van der Waals surface area (Å²) in [5.74, 6) is -0.0249. The molecular weight excluding hydrogens is 286 g/mol. The van der Waals surface area contributed by atoms with Gasteiger partial charge in [0.1, 0.15) is 11.3 Å². The highest BCUT2D eigenvalue weighted by atomic mass is 32.1. The van der Waals surface area contributed by atoms with Gasteiger partial charge < -0.3 is 9.67 Å². The van der Waals surface area contributed by atoms with Crippen LogP contribution in [0.4, 0.5) is 0 Å². The van der Waals surface area contributed by atoms with Crippen molar-refractivity contribution in [2.75, 3.05) is 0 Å². The van der Waals surface area contributed by atoms with E-state index in [0.717, 1.165) is 35.7 Å². The molecule has 0 spiro atoms. The van der Waals surface area contributed by atoms with Gasteiger partial charge in [0.15, 0.2) is 0 Å². The van der Waals surface area contributed by atoms with Crippen LogP contribution < -0.4 is 0 Å². The molecule has 0 aliphatic heterocycles. The number of rotatable bonds is 5. The molecule has 5 nitrogen and oxygen atoms in total. The maximum atomic E-state index is 11.3. The van der Waals surface area contributed by atoms with Gasteiger partial charge in [0, 0.05) is 31.0 Å². The fourth-order valence-corrected chi connectivity index (χ4v) is 3.08. The van der Waals surface area contributed by atoms with E-state index < -0.39 is 5.97 Å². The number of carboxylic acid groups (broad SMARTS) is 1. The Morgan fingerprint density at radius 2 is 2.29 bits per heavy atom. The van der Waals surface area contributed by atoms with Crippen molar-refractivity contribution in [3.05, 3.63) is 46.2 Å². The van der Waals surface area contributed by atoms with Gasteiger partial charge in [0.05, 0.1) is 16.1 Å². The zero-order chi connectivity index (χ0) is 14.8. The number of carboxylic acids is 1. The molecule has 6 heteroatoms. The number of aromatic carboxylic acids is 1. The molecule has 2 aromatic heterocycles. The molecule has 21 heavy (non-hydrogen) atoms. The van der Waals surface area contributed by atoms with Crippen LogP contribution in [0.5, 0.6) is 0 Å². The summed E-state index contributed by atoms with van der Waals surface area (Å²) < 4.78 is 2.10. The second-order valence-corrected chi connectivity index (χ2v) is 5.67. The average molecular weight is 301 g/mol. The molecular formula is C15H15N3O2S. The molecule has 0 bridgehead atoms. The highest BCUT2D eigenvalue weighted by Crippen LogP contribution is 2.21. The third-order valence-corrected chi connectivity index (χ3v) is 4.28. The molecule has 0 aliphatic rings. The first-order valence-corrected chi connectivity index (χ1v) is 7.68. The number of fused-ring (bicyclic) bond motifs is 1. The largest absolute Gasteiger partial charge is 0.478 e. The van der Waals surface area contributed by atoms with E-state index in [0.29, 0.717) is 5.52 Å². The van der Waals surface area contributed by atoms with E-state index in [1.165, 1.54) is 0 Å². The highest BCUT2D eigenvalue weighted by molar-refractivity contribution is 7.09. The van der Waals surface area contributed by atoms with Crippen molar-refractivity contribution < 1.29 is 9.90 Å². The van der Waals surface area contributed by atoms with Crippen LogP contribution in [0.3, 0.4) is 0 Å². The minimum absolute atomic E-state index is 0.259. The summed E-state index contributed by atoms with van der Waals surface area (Å²) in [4.78, 5) is 20.1. The molecule has 108 valence electrons. The zero-order valence-corrected chi connectivity index (χ0v) is 12.4. The maximum Gasteiger partial charge on any atom is 0.337 e. The van der Waals surface area contributed by atoms with Gasteiger partial charge in [-0.15, -0.1) is 11.3 Å². The number of carbonyl (C=O) groups is 1. The number of imidazole rings is 1. The van der Waals surface area contributed by atoms with Crippen molar-refractivity contribution in [1.29, 1.82) is 0 Å². The van der Waals surface area contributed by atoms with Crippen LogP contribution in [0, 0.1) is 0 Å². The van der Waals surface area contributed by atoms with Crippen LogP contribution in [0.25, 0.3) is 11.0 Å².